The van der Waals surface area contributed by atoms with E-state index in [0.717, 1.165) is 12.0 Å². The van der Waals surface area contributed by atoms with Gasteiger partial charge in [0.2, 0.25) is 0 Å². The Kier molecular flexibility index (Phi) is 5.26. The van der Waals surface area contributed by atoms with E-state index in [1.165, 1.54) is 17.0 Å². The van der Waals surface area contributed by atoms with E-state index in [1.54, 1.807) is 32.9 Å². The molecular weight excluding hydrogens is 310 g/mol. The van der Waals surface area contributed by atoms with E-state index in [9.17, 15) is 14.4 Å². The summed E-state index contributed by atoms with van der Waals surface area (Å²) in [7, 11) is 0. The normalized spacial score (nSPS) is 17.6. The topological polar surface area (TPSA) is 83.9 Å². The van der Waals surface area contributed by atoms with Gasteiger partial charge in [0.1, 0.15) is 5.60 Å². The molecule has 2 rings (SSSR count). The van der Waals surface area contributed by atoms with Gasteiger partial charge < -0.3 is 9.84 Å². The van der Waals surface area contributed by atoms with Gasteiger partial charge >= 0.3 is 12.1 Å². The summed E-state index contributed by atoms with van der Waals surface area (Å²) >= 11 is 0. The number of hydrogen-bond acceptors (Lipinski definition) is 4. The largest absolute Gasteiger partial charge is 0.478 e. The second-order valence-corrected chi connectivity index (χ2v) is 6.98. The van der Waals surface area contributed by atoms with Crippen molar-refractivity contribution in [3.8, 4) is 0 Å². The van der Waals surface area contributed by atoms with Gasteiger partial charge in [0, 0.05) is 13.0 Å². The van der Waals surface area contributed by atoms with Crippen molar-refractivity contribution in [1.29, 1.82) is 0 Å². The molecule has 0 aliphatic carbocycles. The van der Waals surface area contributed by atoms with Crippen LogP contribution in [0, 0.1) is 0 Å². The number of carbonyl (C=O) groups is 3. The van der Waals surface area contributed by atoms with Crippen LogP contribution in [-0.4, -0.2) is 46.0 Å². The molecule has 0 spiro atoms. The van der Waals surface area contributed by atoms with Crippen LogP contribution in [-0.2, 0) is 16.0 Å². The van der Waals surface area contributed by atoms with Crippen molar-refractivity contribution < 1.29 is 24.2 Å². The van der Waals surface area contributed by atoms with E-state index in [0.29, 0.717) is 13.0 Å². The minimum atomic E-state index is -1.00. The van der Waals surface area contributed by atoms with Crippen LogP contribution in [0.2, 0.25) is 0 Å². The van der Waals surface area contributed by atoms with Crippen molar-refractivity contribution in [2.24, 2.45) is 0 Å². The number of amides is 1. The monoisotopic (exact) mass is 333 g/mol. The van der Waals surface area contributed by atoms with Gasteiger partial charge in [-0.1, -0.05) is 12.1 Å². The Bertz CT molecular complexity index is 630. The number of ether oxygens (including phenoxy) is 1. The number of hydrogen-bond donors (Lipinski definition) is 1. The van der Waals surface area contributed by atoms with Gasteiger partial charge in [-0.25, -0.2) is 9.59 Å². The number of nitrogens with zero attached hydrogens (tertiary/aromatic N) is 1. The fourth-order valence-electron chi connectivity index (χ4n) is 2.72. The molecule has 1 amide bonds. The zero-order chi connectivity index (χ0) is 17.9. The van der Waals surface area contributed by atoms with Gasteiger partial charge in [-0.2, -0.15) is 0 Å². The zero-order valence-corrected chi connectivity index (χ0v) is 14.2. The number of aromatic carboxylic acids is 1. The fourth-order valence-corrected chi connectivity index (χ4v) is 2.72. The number of carboxylic acid groups (broad SMARTS) is 1. The predicted octanol–water partition coefficient (Wildman–Crippen LogP) is 2.90. The molecule has 1 aromatic rings. The van der Waals surface area contributed by atoms with E-state index < -0.39 is 23.7 Å². The molecule has 1 saturated heterocycles. The van der Waals surface area contributed by atoms with E-state index in [4.69, 9.17) is 9.84 Å². The average Bonchev–Trinajstić information content (AvgIpc) is 2.95. The van der Waals surface area contributed by atoms with Crippen LogP contribution in [0.1, 0.15) is 49.5 Å². The molecule has 0 saturated carbocycles. The van der Waals surface area contributed by atoms with Gasteiger partial charge in [0.25, 0.3) is 0 Å². The maximum atomic E-state index is 12.5. The molecule has 1 aromatic carbocycles. The first-order valence-corrected chi connectivity index (χ1v) is 8.02. The third kappa shape index (κ3) is 4.57. The Morgan fingerprint density at radius 1 is 1.21 bits per heavy atom. The highest BCUT2D eigenvalue weighted by Gasteiger charge is 2.36. The summed E-state index contributed by atoms with van der Waals surface area (Å²) in [6, 6.07) is 5.75. The number of carbonyl (C=O) groups excluding carboxylic acids is 2. The Hall–Kier alpha value is -2.37. The van der Waals surface area contributed by atoms with Gasteiger partial charge in [-0.05, 0) is 51.3 Å². The molecule has 0 unspecified atom stereocenters. The molecule has 130 valence electrons. The Morgan fingerprint density at radius 3 is 2.38 bits per heavy atom. The summed E-state index contributed by atoms with van der Waals surface area (Å²) in [6.07, 6.45) is 1.11. The number of ketones is 1. The van der Waals surface area contributed by atoms with Crippen molar-refractivity contribution in [2.45, 2.75) is 51.7 Å². The van der Waals surface area contributed by atoms with Crippen molar-refractivity contribution in [1.82, 2.24) is 4.90 Å². The molecule has 0 bridgehead atoms. The number of rotatable bonds is 4. The Labute approximate surface area is 141 Å². The average molecular weight is 333 g/mol. The summed E-state index contributed by atoms with van der Waals surface area (Å²) in [4.78, 5) is 37.1. The highest BCUT2D eigenvalue weighted by molar-refractivity contribution is 5.90. The van der Waals surface area contributed by atoms with Crippen molar-refractivity contribution in [3.63, 3.8) is 0 Å². The highest BCUT2D eigenvalue weighted by atomic mass is 16.6. The van der Waals surface area contributed by atoms with Gasteiger partial charge in [0.05, 0.1) is 11.6 Å². The van der Waals surface area contributed by atoms with E-state index in [1.807, 2.05) is 0 Å². The van der Waals surface area contributed by atoms with Crippen LogP contribution < -0.4 is 0 Å². The molecule has 1 aliphatic rings. The van der Waals surface area contributed by atoms with E-state index in [-0.39, 0.29) is 17.8 Å². The molecular formula is C18H23NO5. The van der Waals surface area contributed by atoms with Crippen LogP contribution in [0.5, 0.6) is 0 Å². The SMILES string of the molecule is CC(C)(C)OC(=O)N1CCC[C@H]1C(=O)Cc1ccc(C(=O)O)cc1. The first kappa shape index (κ1) is 18.0. The number of carboxylic acids is 1. The van der Waals surface area contributed by atoms with Gasteiger partial charge in [-0.15, -0.1) is 0 Å². The summed E-state index contributed by atoms with van der Waals surface area (Å²) in [5.74, 6) is -1.05. The maximum absolute atomic E-state index is 12.5. The van der Waals surface area contributed by atoms with Crippen LogP contribution in [0.25, 0.3) is 0 Å². The van der Waals surface area contributed by atoms with Crippen molar-refractivity contribution >= 4 is 17.8 Å². The quantitative estimate of drug-likeness (QED) is 0.916. The smallest absolute Gasteiger partial charge is 0.410 e. The second kappa shape index (κ2) is 7.03. The number of benzene rings is 1. The van der Waals surface area contributed by atoms with Gasteiger partial charge in [0.15, 0.2) is 5.78 Å². The lowest BCUT2D eigenvalue weighted by atomic mass is 10.0. The zero-order valence-electron chi connectivity index (χ0n) is 14.2. The molecule has 1 aliphatic heterocycles. The molecule has 1 atom stereocenters. The molecule has 0 radical (unpaired) electrons. The standard InChI is InChI=1S/C18H23NO5/c1-18(2,3)24-17(23)19-10-4-5-14(19)15(20)11-12-6-8-13(9-7-12)16(21)22/h6-9,14H,4-5,10-11H2,1-3H3,(H,21,22)/t14-/m0/s1. The Morgan fingerprint density at radius 2 is 1.83 bits per heavy atom. The van der Waals surface area contributed by atoms with Crippen LogP contribution in [0.15, 0.2) is 24.3 Å². The summed E-state index contributed by atoms with van der Waals surface area (Å²) < 4.78 is 5.36. The van der Waals surface area contributed by atoms with Gasteiger partial charge in [-0.3, -0.25) is 9.69 Å². The molecule has 0 aromatic heterocycles. The first-order chi connectivity index (χ1) is 11.2. The van der Waals surface area contributed by atoms with Crippen LogP contribution >= 0.6 is 0 Å². The third-order valence-corrected chi connectivity index (χ3v) is 3.83. The van der Waals surface area contributed by atoms with Crippen molar-refractivity contribution in [2.75, 3.05) is 6.54 Å². The molecule has 6 heteroatoms. The van der Waals surface area contributed by atoms with Crippen LogP contribution in [0.4, 0.5) is 4.79 Å². The maximum Gasteiger partial charge on any atom is 0.410 e. The Balaban J connectivity index is 2.02. The minimum absolute atomic E-state index is 0.0542. The lowest BCUT2D eigenvalue weighted by Gasteiger charge is -2.28. The lowest BCUT2D eigenvalue weighted by Crippen LogP contribution is -2.43. The minimum Gasteiger partial charge on any atom is -0.478 e. The molecule has 1 fully saturated rings. The summed E-state index contributed by atoms with van der Waals surface area (Å²) in [6.45, 7) is 5.90. The highest BCUT2D eigenvalue weighted by Crippen LogP contribution is 2.22. The number of likely N-dealkylation sites (tertiary alicyclic amines) is 1. The molecule has 1 heterocycles. The lowest BCUT2D eigenvalue weighted by molar-refractivity contribution is -0.122. The van der Waals surface area contributed by atoms with E-state index in [2.05, 4.69) is 0 Å². The molecule has 1 N–H and O–H groups in total. The molecule has 24 heavy (non-hydrogen) atoms. The van der Waals surface area contributed by atoms with E-state index >= 15 is 0 Å². The van der Waals surface area contributed by atoms with Crippen molar-refractivity contribution in [3.05, 3.63) is 35.4 Å². The van der Waals surface area contributed by atoms with Crippen LogP contribution in [0.3, 0.4) is 0 Å². The summed E-state index contributed by atoms with van der Waals surface area (Å²) in [5.41, 5.74) is 0.323. The fraction of sp³-hybridized carbons (Fsp3) is 0.500. The summed E-state index contributed by atoms with van der Waals surface area (Å²) in [5, 5.41) is 8.89. The first-order valence-electron chi connectivity index (χ1n) is 8.02. The second-order valence-electron chi connectivity index (χ2n) is 6.98. The predicted molar refractivity (Wildman–Crippen MR) is 88.1 cm³/mol. The molecule has 6 nitrogen and oxygen atoms in total. The number of Topliss-reactive ketones (excluding diaryl/α,β-unsaturated/α-hetero) is 1. The third-order valence-electron chi connectivity index (χ3n) is 3.83.